The Morgan fingerprint density at radius 3 is 2.18 bits per heavy atom. The maximum Gasteiger partial charge on any atom is 0.216 e. The lowest BCUT2D eigenvalue weighted by Crippen LogP contribution is -2.39. The van der Waals surface area contributed by atoms with Crippen LogP contribution >= 0.6 is 0 Å². The predicted octanol–water partition coefficient (Wildman–Crippen LogP) is 2.32. The third-order valence-electron chi connectivity index (χ3n) is 3.88. The van der Waals surface area contributed by atoms with Gasteiger partial charge in [0.1, 0.15) is 0 Å². The molecular formula is C14H28N2O. The summed E-state index contributed by atoms with van der Waals surface area (Å²) in [5.41, 5.74) is 0.459. The van der Waals surface area contributed by atoms with Gasteiger partial charge in [0.15, 0.2) is 0 Å². The largest absolute Gasteiger partial charge is 0.355 e. The smallest absolute Gasteiger partial charge is 0.216 e. The van der Waals surface area contributed by atoms with Crippen molar-refractivity contribution in [1.29, 1.82) is 0 Å². The van der Waals surface area contributed by atoms with Crippen LogP contribution in [-0.4, -0.2) is 25.0 Å². The van der Waals surface area contributed by atoms with Crippen LogP contribution in [0.4, 0.5) is 0 Å². The molecule has 3 nitrogen and oxygen atoms in total. The van der Waals surface area contributed by atoms with Gasteiger partial charge in [0.2, 0.25) is 5.91 Å². The molecule has 0 saturated heterocycles. The van der Waals surface area contributed by atoms with Crippen LogP contribution in [0.2, 0.25) is 0 Å². The highest BCUT2D eigenvalue weighted by atomic mass is 16.1. The standard InChI is InChI=1S/C14H28N2O/c1-11(17)15-9-10-16-13-7-5-12(6-8-13)14(2,3)4/h12-13,16H,5-10H2,1-4H3,(H,15,17). The Morgan fingerprint density at radius 2 is 1.71 bits per heavy atom. The fraction of sp³-hybridized carbons (Fsp3) is 0.929. The lowest BCUT2D eigenvalue weighted by Gasteiger charge is -2.37. The first-order valence-corrected chi connectivity index (χ1v) is 6.87. The van der Waals surface area contributed by atoms with E-state index in [0.29, 0.717) is 11.5 Å². The van der Waals surface area contributed by atoms with E-state index in [0.717, 1.165) is 19.0 Å². The summed E-state index contributed by atoms with van der Waals surface area (Å²) in [5, 5.41) is 6.35. The molecule has 0 aromatic rings. The maximum atomic E-state index is 10.7. The summed E-state index contributed by atoms with van der Waals surface area (Å²) in [4.78, 5) is 10.7. The Hall–Kier alpha value is -0.570. The molecule has 0 aromatic heterocycles. The molecule has 0 aliphatic heterocycles. The summed E-state index contributed by atoms with van der Waals surface area (Å²) in [7, 11) is 0. The van der Waals surface area contributed by atoms with E-state index in [1.54, 1.807) is 6.92 Å². The third kappa shape index (κ3) is 5.53. The Morgan fingerprint density at radius 1 is 1.12 bits per heavy atom. The zero-order chi connectivity index (χ0) is 12.9. The zero-order valence-corrected chi connectivity index (χ0v) is 11.8. The molecule has 1 rings (SSSR count). The van der Waals surface area contributed by atoms with E-state index in [4.69, 9.17) is 0 Å². The molecule has 0 atom stereocenters. The van der Waals surface area contributed by atoms with Gasteiger partial charge in [-0.25, -0.2) is 0 Å². The van der Waals surface area contributed by atoms with Crippen molar-refractivity contribution in [3.8, 4) is 0 Å². The Bertz CT molecular complexity index is 237. The second-order valence-electron chi connectivity index (χ2n) is 6.35. The van der Waals surface area contributed by atoms with E-state index >= 15 is 0 Å². The van der Waals surface area contributed by atoms with Crippen molar-refractivity contribution in [2.75, 3.05) is 13.1 Å². The topological polar surface area (TPSA) is 41.1 Å². The Labute approximate surface area is 106 Å². The number of hydrogen-bond acceptors (Lipinski definition) is 2. The maximum absolute atomic E-state index is 10.7. The lowest BCUT2D eigenvalue weighted by atomic mass is 9.71. The van der Waals surface area contributed by atoms with Crippen molar-refractivity contribution in [2.24, 2.45) is 11.3 Å². The highest BCUT2D eigenvalue weighted by molar-refractivity contribution is 5.72. The van der Waals surface area contributed by atoms with E-state index < -0.39 is 0 Å². The van der Waals surface area contributed by atoms with Gasteiger partial charge >= 0.3 is 0 Å². The van der Waals surface area contributed by atoms with Gasteiger partial charge in [-0.2, -0.15) is 0 Å². The summed E-state index contributed by atoms with van der Waals surface area (Å²) in [6.45, 7) is 10.3. The van der Waals surface area contributed by atoms with E-state index in [1.807, 2.05) is 0 Å². The first-order valence-electron chi connectivity index (χ1n) is 6.87. The number of rotatable bonds is 4. The SMILES string of the molecule is CC(=O)NCCNC1CCC(C(C)(C)C)CC1. The Kier molecular flexibility index (Phi) is 5.44. The van der Waals surface area contributed by atoms with Crippen molar-refractivity contribution in [3.05, 3.63) is 0 Å². The predicted molar refractivity (Wildman–Crippen MR) is 71.9 cm³/mol. The van der Waals surface area contributed by atoms with E-state index in [1.165, 1.54) is 25.7 Å². The first kappa shape index (κ1) is 14.5. The van der Waals surface area contributed by atoms with Gasteiger partial charge in [0, 0.05) is 26.1 Å². The minimum absolute atomic E-state index is 0.0586. The highest BCUT2D eigenvalue weighted by Crippen LogP contribution is 2.37. The van der Waals surface area contributed by atoms with Gasteiger partial charge < -0.3 is 10.6 Å². The lowest BCUT2D eigenvalue weighted by molar-refractivity contribution is -0.118. The van der Waals surface area contributed by atoms with E-state index in [2.05, 4.69) is 31.4 Å². The number of carbonyl (C=O) groups excluding carboxylic acids is 1. The second-order valence-corrected chi connectivity index (χ2v) is 6.35. The van der Waals surface area contributed by atoms with Crippen LogP contribution < -0.4 is 10.6 Å². The number of nitrogens with one attached hydrogen (secondary N) is 2. The molecule has 1 saturated carbocycles. The van der Waals surface area contributed by atoms with E-state index in [-0.39, 0.29) is 5.91 Å². The summed E-state index contributed by atoms with van der Waals surface area (Å²) in [6, 6.07) is 0.655. The molecule has 0 spiro atoms. The van der Waals surface area contributed by atoms with Gasteiger partial charge in [-0.05, 0) is 37.0 Å². The fourth-order valence-electron chi connectivity index (χ4n) is 2.68. The molecular weight excluding hydrogens is 212 g/mol. The molecule has 0 aromatic carbocycles. The monoisotopic (exact) mass is 240 g/mol. The zero-order valence-electron chi connectivity index (χ0n) is 11.8. The molecule has 0 unspecified atom stereocenters. The molecule has 100 valence electrons. The average molecular weight is 240 g/mol. The summed E-state index contributed by atoms with van der Waals surface area (Å²) in [6.07, 6.45) is 5.23. The first-order chi connectivity index (χ1) is 7.89. The van der Waals surface area contributed by atoms with E-state index in [9.17, 15) is 4.79 Å². The van der Waals surface area contributed by atoms with Crippen molar-refractivity contribution < 1.29 is 4.79 Å². The fourth-order valence-corrected chi connectivity index (χ4v) is 2.68. The minimum Gasteiger partial charge on any atom is -0.355 e. The molecule has 1 fully saturated rings. The van der Waals surface area contributed by atoms with Crippen molar-refractivity contribution >= 4 is 5.91 Å². The normalized spacial score (nSPS) is 25.6. The van der Waals surface area contributed by atoms with Crippen LogP contribution in [0.15, 0.2) is 0 Å². The highest BCUT2D eigenvalue weighted by Gasteiger charge is 2.29. The van der Waals surface area contributed by atoms with Crippen LogP contribution in [0.5, 0.6) is 0 Å². The van der Waals surface area contributed by atoms with Gasteiger partial charge in [-0.1, -0.05) is 20.8 Å². The third-order valence-corrected chi connectivity index (χ3v) is 3.88. The van der Waals surface area contributed by atoms with Crippen LogP contribution in [-0.2, 0) is 4.79 Å². The molecule has 1 aliphatic carbocycles. The minimum atomic E-state index is 0.0586. The molecule has 2 N–H and O–H groups in total. The van der Waals surface area contributed by atoms with Crippen molar-refractivity contribution in [1.82, 2.24) is 10.6 Å². The van der Waals surface area contributed by atoms with Crippen molar-refractivity contribution in [2.45, 2.75) is 59.4 Å². The van der Waals surface area contributed by atoms with Gasteiger partial charge in [-0.15, -0.1) is 0 Å². The average Bonchev–Trinajstić information content (AvgIpc) is 2.23. The molecule has 0 radical (unpaired) electrons. The molecule has 1 amide bonds. The second kappa shape index (κ2) is 6.39. The summed E-state index contributed by atoms with van der Waals surface area (Å²) in [5.74, 6) is 0.930. The number of hydrogen-bond donors (Lipinski definition) is 2. The quantitative estimate of drug-likeness (QED) is 0.740. The summed E-state index contributed by atoms with van der Waals surface area (Å²) >= 11 is 0. The van der Waals surface area contributed by atoms with Gasteiger partial charge in [0.05, 0.1) is 0 Å². The summed E-state index contributed by atoms with van der Waals surface area (Å²) < 4.78 is 0. The Balaban J connectivity index is 2.13. The molecule has 1 aliphatic rings. The van der Waals surface area contributed by atoms with Crippen LogP contribution in [0.1, 0.15) is 53.4 Å². The molecule has 17 heavy (non-hydrogen) atoms. The molecule has 0 heterocycles. The van der Waals surface area contributed by atoms with Crippen LogP contribution in [0.25, 0.3) is 0 Å². The van der Waals surface area contributed by atoms with Crippen LogP contribution in [0.3, 0.4) is 0 Å². The number of amides is 1. The molecule has 0 bridgehead atoms. The van der Waals surface area contributed by atoms with Crippen LogP contribution in [0, 0.1) is 11.3 Å². The van der Waals surface area contributed by atoms with Crippen molar-refractivity contribution in [3.63, 3.8) is 0 Å². The molecule has 3 heteroatoms. The van der Waals surface area contributed by atoms with Gasteiger partial charge in [-0.3, -0.25) is 4.79 Å². The van der Waals surface area contributed by atoms with Gasteiger partial charge in [0.25, 0.3) is 0 Å². The number of carbonyl (C=O) groups is 1.